The van der Waals surface area contributed by atoms with Crippen LogP contribution in [-0.2, 0) is 11.2 Å². The largest absolute Gasteiger partial charge is 0.508 e. The number of hydrogen-bond donors (Lipinski definition) is 4. The van der Waals surface area contributed by atoms with Crippen molar-refractivity contribution >= 4 is 0 Å². The summed E-state index contributed by atoms with van der Waals surface area (Å²) in [6.45, 7) is -0.384. The van der Waals surface area contributed by atoms with Crippen molar-refractivity contribution in [3.63, 3.8) is 0 Å². The number of ether oxygens (including phenoxy) is 1. The van der Waals surface area contributed by atoms with Gasteiger partial charge < -0.3 is 30.6 Å². The first-order chi connectivity index (χ1) is 12.5. The van der Waals surface area contributed by atoms with Gasteiger partial charge in [-0.3, -0.25) is 0 Å². The van der Waals surface area contributed by atoms with E-state index in [4.69, 9.17) is 4.74 Å². The maximum atomic E-state index is 10.0. The van der Waals surface area contributed by atoms with Crippen LogP contribution in [0, 0.1) is 11.3 Å². The second-order valence-corrected chi connectivity index (χ2v) is 6.51. The van der Waals surface area contributed by atoms with Crippen LogP contribution in [0.3, 0.4) is 0 Å². The van der Waals surface area contributed by atoms with Gasteiger partial charge in [-0.25, -0.2) is 0 Å². The summed E-state index contributed by atoms with van der Waals surface area (Å²) in [5.41, 5.74) is 3.07. The molecule has 1 heterocycles. The fourth-order valence-corrected chi connectivity index (χ4v) is 3.22. The second-order valence-electron chi connectivity index (χ2n) is 6.51. The quantitative estimate of drug-likeness (QED) is 0.616. The highest BCUT2D eigenvalue weighted by molar-refractivity contribution is 5.44. The van der Waals surface area contributed by atoms with Gasteiger partial charge in [0.2, 0.25) is 0 Å². The first-order valence-corrected chi connectivity index (χ1v) is 8.45. The third-order valence-electron chi connectivity index (χ3n) is 4.70. The van der Waals surface area contributed by atoms with Crippen molar-refractivity contribution in [2.45, 2.75) is 37.3 Å². The number of aliphatic hydroxyl groups excluding tert-OH is 3. The molecule has 7 nitrogen and oxygen atoms in total. The zero-order valence-electron chi connectivity index (χ0n) is 14.6. The fourth-order valence-electron chi connectivity index (χ4n) is 3.22. The summed E-state index contributed by atoms with van der Waals surface area (Å²) < 4.78 is 5.72. The number of phenols is 1. The van der Waals surface area contributed by atoms with Crippen molar-refractivity contribution in [3.8, 4) is 11.8 Å². The lowest BCUT2D eigenvalue weighted by atomic mass is 9.91. The van der Waals surface area contributed by atoms with Gasteiger partial charge in [-0.2, -0.15) is 5.26 Å². The van der Waals surface area contributed by atoms with E-state index in [1.165, 1.54) is 0 Å². The van der Waals surface area contributed by atoms with Gasteiger partial charge in [0.25, 0.3) is 0 Å². The molecule has 1 aliphatic rings. The highest BCUT2D eigenvalue weighted by Gasteiger charge is 2.37. The van der Waals surface area contributed by atoms with Crippen LogP contribution in [0.25, 0.3) is 0 Å². The Morgan fingerprint density at radius 1 is 1.11 bits per heavy atom. The van der Waals surface area contributed by atoms with Crippen LogP contribution in [0.4, 0.5) is 0 Å². The molecule has 1 fully saturated rings. The van der Waals surface area contributed by atoms with E-state index >= 15 is 0 Å². The van der Waals surface area contributed by atoms with E-state index in [0.29, 0.717) is 12.0 Å². The molecule has 0 radical (unpaired) electrons. The monoisotopic (exact) mass is 373 g/mol. The summed E-state index contributed by atoms with van der Waals surface area (Å²) >= 11 is 0. The van der Waals surface area contributed by atoms with E-state index in [0.717, 1.165) is 16.7 Å². The standard InChI is InChI=1S/C20H21NO5.H2O/c21-10-14-4-3-13(18-9-17(24)20(25)19(11-22)26-18)8-15(14)7-12-1-5-16(23)6-2-12;/h1-6,8,17-20,22-25H,7,9,11H2;1H2/t17-,18-,19-,20?;/m1./s1. The number of rotatable bonds is 4. The van der Waals surface area contributed by atoms with Gasteiger partial charge in [0.15, 0.2) is 0 Å². The summed E-state index contributed by atoms with van der Waals surface area (Å²) in [7, 11) is 0. The van der Waals surface area contributed by atoms with Crippen molar-refractivity contribution in [1.82, 2.24) is 0 Å². The van der Waals surface area contributed by atoms with Crippen LogP contribution < -0.4 is 0 Å². The molecular weight excluding hydrogens is 350 g/mol. The molecule has 1 aliphatic heterocycles. The van der Waals surface area contributed by atoms with Gasteiger partial charge in [-0.1, -0.05) is 24.3 Å². The number of aromatic hydroxyl groups is 1. The first kappa shape index (κ1) is 20.8. The molecule has 4 atom stereocenters. The molecule has 1 saturated heterocycles. The highest BCUT2D eigenvalue weighted by Crippen LogP contribution is 2.33. The normalized spacial score (nSPS) is 24.7. The van der Waals surface area contributed by atoms with E-state index < -0.39 is 24.4 Å². The maximum absolute atomic E-state index is 10.0. The number of aliphatic hydroxyl groups is 3. The lowest BCUT2D eigenvalue weighted by Crippen LogP contribution is -2.47. The molecule has 6 N–H and O–H groups in total. The molecule has 2 aromatic carbocycles. The second kappa shape index (κ2) is 8.95. The van der Waals surface area contributed by atoms with Crippen LogP contribution in [0.15, 0.2) is 42.5 Å². The molecule has 0 bridgehead atoms. The van der Waals surface area contributed by atoms with Gasteiger partial charge >= 0.3 is 0 Å². The summed E-state index contributed by atoms with van der Waals surface area (Å²) in [5.74, 6) is 0.182. The molecule has 0 amide bonds. The Kier molecular flexibility index (Phi) is 6.91. The van der Waals surface area contributed by atoms with Crippen molar-refractivity contribution in [2.75, 3.05) is 6.61 Å². The van der Waals surface area contributed by atoms with Crippen LogP contribution in [0.2, 0.25) is 0 Å². The van der Waals surface area contributed by atoms with Gasteiger partial charge in [-0.15, -0.1) is 0 Å². The molecule has 0 saturated carbocycles. The molecule has 144 valence electrons. The van der Waals surface area contributed by atoms with Crippen molar-refractivity contribution in [2.24, 2.45) is 0 Å². The average Bonchev–Trinajstić information content (AvgIpc) is 2.65. The SMILES string of the molecule is N#Cc1ccc([C@H]2C[C@@H](O)C(O)[C@@H](CO)O2)cc1Cc1ccc(O)cc1.O. The number of nitrogens with zero attached hydrogens (tertiary/aromatic N) is 1. The Balaban J connectivity index is 0.00000261. The van der Waals surface area contributed by atoms with E-state index in [1.54, 1.807) is 36.4 Å². The predicted molar refractivity (Wildman–Crippen MR) is 97.0 cm³/mol. The molecule has 1 unspecified atom stereocenters. The van der Waals surface area contributed by atoms with Crippen molar-refractivity contribution in [1.29, 1.82) is 5.26 Å². The Morgan fingerprint density at radius 3 is 2.44 bits per heavy atom. The minimum absolute atomic E-state index is 0. The van der Waals surface area contributed by atoms with Crippen molar-refractivity contribution < 1.29 is 30.6 Å². The van der Waals surface area contributed by atoms with Crippen molar-refractivity contribution in [3.05, 3.63) is 64.7 Å². The fraction of sp³-hybridized carbons (Fsp3) is 0.350. The molecule has 0 aliphatic carbocycles. The molecule has 0 aromatic heterocycles. The molecule has 3 rings (SSSR count). The number of phenolic OH excluding ortho intramolecular Hbond substituents is 1. The average molecular weight is 373 g/mol. The Morgan fingerprint density at radius 2 is 1.81 bits per heavy atom. The Hall–Kier alpha value is -2.47. The molecule has 0 spiro atoms. The molecule has 27 heavy (non-hydrogen) atoms. The van der Waals surface area contributed by atoms with Crippen LogP contribution in [0.5, 0.6) is 5.75 Å². The number of nitriles is 1. The maximum Gasteiger partial charge on any atom is 0.115 e. The van der Waals surface area contributed by atoms with E-state index in [2.05, 4.69) is 6.07 Å². The first-order valence-electron chi connectivity index (χ1n) is 8.45. The predicted octanol–water partition coefficient (Wildman–Crippen LogP) is 0.574. The smallest absolute Gasteiger partial charge is 0.115 e. The van der Waals surface area contributed by atoms with Crippen LogP contribution in [0.1, 0.15) is 34.8 Å². The minimum Gasteiger partial charge on any atom is -0.508 e. The highest BCUT2D eigenvalue weighted by atomic mass is 16.5. The lowest BCUT2D eigenvalue weighted by Gasteiger charge is -2.36. The van der Waals surface area contributed by atoms with Crippen LogP contribution >= 0.6 is 0 Å². The molecular formula is C20H23NO6. The Labute approximate surface area is 157 Å². The van der Waals surface area contributed by atoms with Gasteiger partial charge in [0, 0.05) is 6.42 Å². The summed E-state index contributed by atoms with van der Waals surface area (Å²) in [5, 5.41) is 48.0. The molecule has 7 heteroatoms. The summed E-state index contributed by atoms with van der Waals surface area (Å²) in [6.07, 6.45) is -2.70. The van der Waals surface area contributed by atoms with Gasteiger partial charge in [0.1, 0.15) is 18.0 Å². The minimum atomic E-state index is -1.12. The van der Waals surface area contributed by atoms with Gasteiger partial charge in [-0.05, 0) is 41.3 Å². The zero-order valence-corrected chi connectivity index (χ0v) is 14.6. The zero-order chi connectivity index (χ0) is 18.7. The summed E-state index contributed by atoms with van der Waals surface area (Å²) in [6, 6.07) is 14.3. The van der Waals surface area contributed by atoms with Crippen LogP contribution in [-0.4, -0.2) is 50.8 Å². The number of benzene rings is 2. The Bertz CT molecular complexity index is 801. The van der Waals surface area contributed by atoms with E-state index in [9.17, 15) is 25.7 Å². The topological polar surface area (TPSA) is 145 Å². The third kappa shape index (κ3) is 4.63. The van der Waals surface area contributed by atoms with E-state index in [1.807, 2.05) is 6.07 Å². The third-order valence-corrected chi connectivity index (χ3v) is 4.70. The number of hydrogen-bond acceptors (Lipinski definition) is 6. The lowest BCUT2D eigenvalue weighted by molar-refractivity contribution is -0.181. The molecule has 2 aromatic rings. The van der Waals surface area contributed by atoms with Gasteiger partial charge in [0.05, 0.1) is 30.4 Å². The summed E-state index contributed by atoms with van der Waals surface area (Å²) in [4.78, 5) is 0. The van der Waals surface area contributed by atoms with E-state index in [-0.39, 0.29) is 24.3 Å².